The number of hydrogen-bond acceptors (Lipinski definition) is 6. The van der Waals surface area contributed by atoms with E-state index in [0.29, 0.717) is 12.8 Å². The van der Waals surface area contributed by atoms with Crippen LogP contribution in [0.3, 0.4) is 0 Å². The molecule has 8 nitrogen and oxygen atoms in total. The van der Waals surface area contributed by atoms with E-state index in [1.807, 2.05) is 34.6 Å². The molecule has 1 spiro atoms. The molecule has 176 valence electrons. The summed E-state index contributed by atoms with van der Waals surface area (Å²) in [6, 6.07) is -1.47. The summed E-state index contributed by atoms with van der Waals surface area (Å²) >= 11 is 3.62. The first-order valence-corrected chi connectivity index (χ1v) is 12.0. The van der Waals surface area contributed by atoms with Crippen molar-refractivity contribution in [2.45, 2.75) is 88.5 Å². The van der Waals surface area contributed by atoms with E-state index in [-0.39, 0.29) is 35.8 Å². The van der Waals surface area contributed by atoms with Crippen LogP contribution in [0.15, 0.2) is 0 Å². The van der Waals surface area contributed by atoms with E-state index in [9.17, 15) is 19.5 Å². The molecule has 3 fully saturated rings. The molecule has 9 heteroatoms. The molecule has 0 radical (unpaired) electrons. The van der Waals surface area contributed by atoms with Crippen molar-refractivity contribution < 1.29 is 29.0 Å². The van der Waals surface area contributed by atoms with Gasteiger partial charge in [-0.25, -0.2) is 0 Å². The zero-order chi connectivity index (χ0) is 23.3. The van der Waals surface area contributed by atoms with Crippen LogP contribution < -0.4 is 5.32 Å². The number of alkyl halides is 1. The number of nitrogens with one attached hydrogen (secondary N) is 1. The predicted octanol–water partition coefficient (Wildman–Crippen LogP) is 1.62. The molecule has 7 atom stereocenters. The molecular weight excluding hydrogens is 468 g/mol. The Morgan fingerprint density at radius 3 is 2.55 bits per heavy atom. The third kappa shape index (κ3) is 4.13. The minimum Gasteiger partial charge on any atom is -0.466 e. The van der Waals surface area contributed by atoms with Crippen molar-refractivity contribution in [1.29, 1.82) is 0 Å². The molecule has 3 aliphatic rings. The van der Waals surface area contributed by atoms with Gasteiger partial charge >= 0.3 is 5.97 Å². The number of nitrogens with zero attached hydrogens (tertiary/aromatic N) is 1. The number of aliphatic hydroxyl groups is 1. The number of carbonyl (C=O) groups excluding carboxylic acids is 3. The molecule has 3 unspecified atom stereocenters. The van der Waals surface area contributed by atoms with Crippen molar-refractivity contribution in [2.24, 2.45) is 17.8 Å². The van der Waals surface area contributed by atoms with Crippen LogP contribution >= 0.6 is 15.9 Å². The van der Waals surface area contributed by atoms with E-state index < -0.39 is 47.1 Å². The van der Waals surface area contributed by atoms with Crippen LogP contribution in [0.1, 0.15) is 54.4 Å². The minimum atomic E-state index is -1.13. The van der Waals surface area contributed by atoms with Gasteiger partial charge in [-0.05, 0) is 46.5 Å². The lowest BCUT2D eigenvalue weighted by atomic mass is 9.70. The fourth-order valence-corrected chi connectivity index (χ4v) is 6.47. The summed E-state index contributed by atoms with van der Waals surface area (Å²) in [5.74, 6) is -2.49. The van der Waals surface area contributed by atoms with Crippen LogP contribution in [0, 0.1) is 17.8 Å². The highest BCUT2D eigenvalue weighted by Crippen LogP contribution is 2.60. The van der Waals surface area contributed by atoms with Gasteiger partial charge in [0, 0.05) is 10.4 Å². The number of hydrogen-bond donors (Lipinski definition) is 2. The third-order valence-electron chi connectivity index (χ3n) is 6.38. The summed E-state index contributed by atoms with van der Waals surface area (Å²) in [5.41, 5.74) is -1.65. The molecule has 3 aliphatic heterocycles. The number of amides is 2. The second-order valence-electron chi connectivity index (χ2n) is 10.4. The van der Waals surface area contributed by atoms with Crippen molar-refractivity contribution in [2.75, 3.05) is 13.2 Å². The maximum absolute atomic E-state index is 13.8. The summed E-state index contributed by atoms with van der Waals surface area (Å²) in [4.78, 5) is 41.5. The molecule has 3 rings (SSSR count). The molecule has 2 bridgehead atoms. The van der Waals surface area contributed by atoms with E-state index in [2.05, 4.69) is 21.2 Å². The molecule has 0 aliphatic carbocycles. The first-order chi connectivity index (χ1) is 14.4. The average Bonchev–Trinajstić information content (AvgIpc) is 3.22. The maximum Gasteiger partial charge on any atom is 0.312 e. The number of fused-ring (bicyclic) bond motifs is 1. The number of halogens is 1. The van der Waals surface area contributed by atoms with E-state index in [4.69, 9.17) is 9.47 Å². The monoisotopic (exact) mass is 502 g/mol. The van der Waals surface area contributed by atoms with E-state index >= 15 is 0 Å². The topological polar surface area (TPSA) is 105 Å². The second-order valence-corrected chi connectivity index (χ2v) is 11.5. The lowest BCUT2D eigenvalue weighted by Gasteiger charge is -2.38. The normalized spacial score (nSPS) is 35.5. The van der Waals surface area contributed by atoms with Gasteiger partial charge in [-0.15, -0.1) is 0 Å². The summed E-state index contributed by atoms with van der Waals surface area (Å²) < 4.78 is 11.7. The summed E-state index contributed by atoms with van der Waals surface area (Å²) in [6.45, 7) is 11.3. The second kappa shape index (κ2) is 8.63. The highest BCUT2D eigenvalue weighted by atomic mass is 79.9. The lowest BCUT2D eigenvalue weighted by Crippen LogP contribution is -2.60. The summed E-state index contributed by atoms with van der Waals surface area (Å²) in [6.07, 6.45) is 0.441. The SMILES string of the molecule is CCOC(=O)[C@H]1[C@@H]2OC3(CC2Br)C(C(=O)NC(C)(C)C)N([C@@H](CO)CC(C)C)C(=O)[C@H]13. The highest BCUT2D eigenvalue weighted by Gasteiger charge is 2.77. The Kier molecular flexibility index (Phi) is 6.81. The Morgan fingerprint density at radius 1 is 1.39 bits per heavy atom. The first-order valence-electron chi connectivity index (χ1n) is 11.1. The van der Waals surface area contributed by atoms with Gasteiger partial charge in [0.15, 0.2) is 0 Å². The minimum absolute atomic E-state index is 0.173. The van der Waals surface area contributed by atoms with Gasteiger partial charge in [-0.3, -0.25) is 14.4 Å². The maximum atomic E-state index is 13.8. The average molecular weight is 503 g/mol. The quantitative estimate of drug-likeness (QED) is 0.404. The molecule has 0 aromatic rings. The predicted molar refractivity (Wildman–Crippen MR) is 117 cm³/mol. The highest BCUT2D eigenvalue weighted by molar-refractivity contribution is 9.09. The molecule has 3 heterocycles. The van der Waals surface area contributed by atoms with Crippen LogP contribution in [-0.2, 0) is 23.9 Å². The number of aliphatic hydroxyl groups excluding tert-OH is 1. The zero-order valence-corrected chi connectivity index (χ0v) is 20.8. The van der Waals surface area contributed by atoms with E-state index in [0.717, 1.165) is 0 Å². The van der Waals surface area contributed by atoms with Crippen molar-refractivity contribution >= 4 is 33.7 Å². The molecule has 31 heavy (non-hydrogen) atoms. The first kappa shape index (κ1) is 24.5. The van der Waals surface area contributed by atoms with E-state index in [1.165, 1.54) is 4.90 Å². The van der Waals surface area contributed by atoms with Crippen molar-refractivity contribution in [1.82, 2.24) is 10.2 Å². The Morgan fingerprint density at radius 2 is 2.03 bits per heavy atom. The van der Waals surface area contributed by atoms with Crippen LogP contribution in [0.5, 0.6) is 0 Å². The molecule has 2 N–H and O–H groups in total. The van der Waals surface area contributed by atoms with Gasteiger partial charge in [-0.1, -0.05) is 29.8 Å². The van der Waals surface area contributed by atoms with Crippen LogP contribution in [0.4, 0.5) is 0 Å². The summed E-state index contributed by atoms with van der Waals surface area (Å²) in [7, 11) is 0. The summed E-state index contributed by atoms with van der Waals surface area (Å²) in [5, 5.41) is 13.2. The lowest BCUT2D eigenvalue weighted by molar-refractivity contribution is -0.155. The molecular formula is C22H35BrN2O6. The van der Waals surface area contributed by atoms with Gasteiger partial charge in [-0.2, -0.15) is 0 Å². The Bertz CT molecular complexity index is 738. The van der Waals surface area contributed by atoms with Gasteiger partial charge < -0.3 is 24.8 Å². The third-order valence-corrected chi connectivity index (χ3v) is 7.22. The van der Waals surface area contributed by atoms with Crippen LogP contribution in [-0.4, -0.2) is 75.2 Å². The van der Waals surface area contributed by atoms with E-state index in [1.54, 1.807) is 6.92 Å². The Labute approximate surface area is 192 Å². The van der Waals surface area contributed by atoms with Crippen molar-refractivity contribution in [3.63, 3.8) is 0 Å². The fourth-order valence-electron chi connectivity index (χ4n) is 5.53. The number of likely N-dealkylation sites (tertiary alicyclic amines) is 1. The van der Waals surface area contributed by atoms with Crippen molar-refractivity contribution in [3.8, 4) is 0 Å². The van der Waals surface area contributed by atoms with Crippen molar-refractivity contribution in [3.05, 3.63) is 0 Å². The Hall–Kier alpha value is -1.19. The van der Waals surface area contributed by atoms with Gasteiger partial charge in [0.1, 0.15) is 11.6 Å². The molecule has 0 aromatic heterocycles. The zero-order valence-electron chi connectivity index (χ0n) is 19.2. The number of rotatable bonds is 7. The largest absolute Gasteiger partial charge is 0.466 e. The molecule has 2 amide bonds. The Balaban J connectivity index is 2.09. The number of esters is 1. The van der Waals surface area contributed by atoms with Crippen LogP contribution in [0.25, 0.3) is 0 Å². The molecule has 0 saturated carbocycles. The van der Waals surface area contributed by atoms with Crippen LogP contribution in [0.2, 0.25) is 0 Å². The molecule has 0 aromatic carbocycles. The standard InChI is InChI=1S/C22H35BrN2O6/c1-7-30-20(29)14-15-19(28)25(12(10-26)8-11(2)3)17(18(27)24-21(4,5)6)22(15)9-13(23)16(14)31-22/h11-17,26H,7-10H2,1-6H3,(H,24,27)/t12-,13?,14-,15+,16-,17?,22?/m1/s1. The number of ether oxygens (including phenoxy) is 2. The smallest absolute Gasteiger partial charge is 0.312 e. The van der Waals surface area contributed by atoms with Gasteiger partial charge in [0.25, 0.3) is 0 Å². The fraction of sp³-hybridized carbons (Fsp3) is 0.864. The molecule has 3 saturated heterocycles. The van der Waals surface area contributed by atoms with Gasteiger partial charge in [0.05, 0.1) is 37.2 Å². The number of carbonyl (C=O) groups is 3. The van der Waals surface area contributed by atoms with Gasteiger partial charge in [0.2, 0.25) is 11.8 Å².